The van der Waals surface area contributed by atoms with Gasteiger partial charge in [0.15, 0.2) is 5.69 Å². The minimum Gasteiger partial charge on any atom is -0.494 e. The third kappa shape index (κ3) is 7.15. The number of thioether (sulfide) groups is 1. The van der Waals surface area contributed by atoms with Crippen LogP contribution in [-0.4, -0.2) is 84.7 Å². The zero-order chi connectivity index (χ0) is 29.2. The lowest BCUT2D eigenvalue weighted by atomic mass is 10.0. The molecule has 222 valence electrons. The van der Waals surface area contributed by atoms with E-state index >= 15 is 0 Å². The normalized spacial score (nSPS) is 16.4. The maximum Gasteiger partial charge on any atom is 0.274 e. The summed E-state index contributed by atoms with van der Waals surface area (Å²) in [5, 5.41) is 4.95. The summed E-state index contributed by atoms with van der Waals surface area (Å²) in [7, 11) is 0. The molecule has 2 saturated heterocycles. The summed E-state index contributed by atoms with van der Waals surface area (Å²) in [5.74, 6) is 1.54. The number of rotatable bonds is 6. The molecule has 6 rings (SSSR count). The Morgan fingerprint density at radius 3 is 2.24 bits per heavy atom. The number of aromatic nitrogens is 2. The number of carbonyl (C=O) groups excluding carboxylic acids is 1. The predicted octanol–water partition coefficient (Wildman–Crippen LogP) is 5.90. The van der Waals surface area contributed by atoms with Gasteiger partial charge >= 0.3 is 0 Å². The topological polar surface area (TPSA) is 69.1 Å². The summed E-state index contributed by atoms with van der Waals surface area (Å²) in [4.78, 5) is 19.0. The molecule has 2 aromatic carbocycles. The van der Waals surface area contributed by atoms with Crippen molar-refractivity contribution in [2.45, 2.75) is 51.8 Å². The molecule has 0 unspecified atom stereocenters. The van der Waals surface area contributed by atoms with Crippen LogP contribution in [0.1, 0.15) is 56.2 Å². The molecule has 0 N–H and O–H groups in total. The summed E-state index contributed by atoms with van der Waals surface area (Å²) < 4.78 is 18.7. The van der Waals surface area contributed by atoms with Crippen molar-refractivity contribution in [2.24, 2.45) is 0 Å². The van der Waals surface area contributed by atoms with Crippen molar-refractivity contribution in [3.8, 4) is 22.7 Å². The zero-order valence-electron chi connectivity index (χ0n) is 25.1. The van der Waals surface area contributed by atoms with Gasteiger partial charge in [0.2, 0.25) is 0 Å². The minimum atomic E-state index is -0.0165. The molecular weight excluding hydrogens is 536 g/mol. The average Bonchev–Trinajstić information content (AvgIpc) is 3.44. The monoisotopic (exact) mass is 580 g/mol. The Balaban J connectivity index is 0.000000929. The number of ether oxygens (including phenoxy) is 3. The van der Waals surface area contributed by atoms with Crippen molar-refractivity contribution in [3.05, 3.63) is 59.3 Å². The fourth-order valence-corrected chi connectivity index (χ4v) is 6.22. The van der Waals surface area contributed by atoms with E-state index in [1.165, 1.54) is 5.56 Å². The molecule has 4 heterocycles. The van der Waals surface area contributed by atoms with Crippen LogP contribution >= 0.6 is 11.8 Å². The van der Waals surface area contributed by atoms with Gasteiger partial charge in [0.1, 0.15) is 5.75 Å². The summed E-state index contributed by atoms with van der Waals surface area (Å²) in [5.41, 5.74) is 5.83. The standard InChI is InChI=1S/C28H32N4O4S.2C2H6/c1-2-36-22-7-8-23-25(17-22)37-19-24-26(28(33)31-11-15-35-16-12-31)29-32(27(23)24)21-5-3-20(4-6-21)18-30-9-13-34-14-10-30;2*1-2/h3-8,17H,2,9-16,18-19H2,1H3;2*1-2H3. The van der Waals surface area contributed by atoms with Crippen molar-refractivity contribution < 1.29 is 19.0 Å². The Hall–Kier alpha value is -2.85. The Morgan fingerprint density at radius 1 is 0.927 bits per heavy atom. The summed E-state index contributed by atoms with van der Waals surface area (Å²) in [6, 6.07) is 14.8. The van der Waals surface area contributed by atoms with Crippen LogP contribution < -0.4 is 4.74 Å². The lowest BCUT2D eigenvalue weighted by molar-refractivity contribution is 0.0298. The first-order chi connectivity index (χ1) is 20.2. The number of morpholine rings is 2. The third-order valence-corrected chi connectivity index (χ3v) is 8.15. The van der Waals surface area contributed by atoms with Crippen LogP contribution in [-0.2, 0) is 21.8 Å². The maximum absolute atomic E-state index is 13.6. The number of benzene rings is 2. The molecule has 41 heavy (non-hydrogen) atoms. The van der Waals surface area contributed by atoms with Crippen LogP contribution in [0, 0.1) is 0 Å². The van der Waals surface area contributed by atoms with Gasteiger partial charge in [-0.15, -0.1) is 11.8 Å². The largest absolute Gasteiger partial charge is 0.494 e. The fraction of sp³-hybridized carbons (Fsp3) is 0.500. The number of hydrogen-bond acceptors (Lipinski definition) is 7. The molecule has 3 aliphatic rings. The van der Waals surface area contributed by atoms with Gasteiger partial charge in [0.05, 0.1) is 44.4 Å². The van der Waals surface area contributed by atoms with Crippen LogP contribution in [0.5, 0.6) is 5.75 Å². The van der Waals surface area contributed by atoms with Gasteiger partial charge in [-0.2, -0.15) is 5.10 Å². The van der Waals surface area contributed by atoms with Crippen LogP contribution in [0.2, 0.25) is 0 Å². The van der Waals surface area contributed by atoms with E-state index in [2.05, 4.69) is 41.3 Å². The van der Waals surface area contributed by atoms with Gasteiger partial charge in [-0.05, 0) is 42.8 Å². The second-order valence-corrected chi connectivity index (χ2v) is 10.4. The Bertz CT molecular complexity index is 1270. The van der Waals surface area contributed by atoms with E-state index in [-0.39, 0.29) is 5.91 Å². The van der Waals surface area contributed by atoms with E-state index in [1.54, 1.807) is 11.8 Å². The number of amides is 1. The first-order valence-corrected chi connectivity index (χ1v) is 16.0. The van der Waals surface area contributed by atoms with Gasteiger partial charge in [-0.25, -0.2) is 4.68 Å². The molecule has 3 aliphatic heterocycles. The van der Waals surface area contributed by atoms with Crippen molar-refractivity contribution >= 4 is 17.7 Å². The quantitative estimate of drug-likeness (QED) is 0.360. The summed E-state index contributed by atoms with van der Waals surface area (Å²) >= 11 is 1.74. The number of fused-ring (bicyclic) bond motifs is 3. The van der Waals surface area contributed by atoms with E-state index in [1.807, 2.05) is 50.3 Å². The molecular formula is C32H44N4O4S. The van der Waals surface area contributed by atoms with Crippen molar-refractivity contribution in [3.63, 3.8) is 0 Å². The smallest absolute Gasteiger partial charge is 0.274 e. The lowest BCUT2D eigenvalue weighted by Gasteiger charge is -2.26. The van der Waals surface area contributed by atoms with E-state index < -0.39 is 0 Å². The highest BCUT2D eigenvalue weighted by Crippen LogP contribution is 2.45. The van der Waals surface area contributed by atoms with E-state index in [0.29, 0.717) is 44.4 Å². The van der Waals surface area contributed by atoms with Crippen LogP contribution in [0.3, 0.4) is 0 Å². The highest BCUT2D eigenvalue weighted by molar-refractivity contribution is 7.98. The SMILES string of the molecule is CC.CC.CCOc1ccc2c(c1)SCc1c(C(=O)N3CCOCC3)nn(-c3ccc(CN4CCOCC4)cc3)c1-2. The molecule has 0 spiro atoms. The maximum atomic E-state index is 13.6. The number of carbonyl (C=O) groups is 1. The molecule has 1 amide bonds. The van der Waals surface area contributed by atoms with E-state index in [9.17, 15) is 4.79 Å². The molecule has 8 nitrogen and oxygen atoms in total. The lowest BCUT2D eigenvalue weighted by Crippen LogP contribution is -2.41. The highest BCUT2D eigenvalue weighted by Gasteiger charge is 2.32. The Kier molecular flexibility index (Phi) is 11.7. The number of hydrogen-bond donors (Lipinski definition) is 0. The highest BCUT2D eigenvalue weighted by atomic mass is 32.2. The molecule has 2 fully saturated rings. The minimum absolute atomic E-state index is 0.0165. The van der Waals surface area contributed by atoms with Crippen LogP contribution in [0.25, 0.3) is 16.9 Å². The van der Waals surface area contributed by atoms with E-state index in [4.69, 9.17) is 19.3 Å². The molecule has 0 atom stereocenters. The Labute approximate surface area is 248 Å². The number of nitrogens with zero attached hydrogens (tertiary/aromatic N) is 4. The van der Waals surface area contributed by atoms with E-state index in [0.717, 1.165) is 66.0 Å². The van der Waals surface area contributed by atoms with Crippen molar-refractivity contribution in [2.75, 3.05) is 59.2 Å². The molecule has 0 saturated carbocycles. The van der Waals surface area contributed by atoms with Gasteiger partial charge in [0.25, 0.3) is 5.91 Å². The fourth-order valence-electron chi connectivity index (χ4n) is 5.12. The Morgan fingerprint density at radius 2 is 1.59 bits per heavy atom. The summed E-state index contributed by atoms with van der Waals surface area (Å²) in [6.07, 6.45) is 0. The average molecular weight is 581 g/mol. The van der Waals surface area contributed by atoms with Crippen LogP contribution in [0.4, 0.5) is 0 Å². The van der Waals surface area contributed by atoms with Gasteiger partial charge in [0, 0.05) is 54.5 Å². The molecule has 3 aromatic rings. The van der Waals surface area contributed by atoms with Crippen molar-refractivity contribution in [1.29, 1.82) is 0 Å². The van der Waals surface area contributed by atoms with Crippen LogP contribution in [0.15, 0.2) is 47.4 Å². The zero-order valence-corrected chi connectivity index (χ0v) is 26.0. The molecule has 9 heteroatoms. The van der Waals surface area contributed by atoms with Gasteiger partial charge < -0.3 is 19.1 Å². The molecule has 0 radical (unpaired) electrons. The first-order valence-electron chi connectivity index (χ1n) is 15.0. The van der Waals surface area contributed by atoms with Gasteiger partial charge in [-0.3, -0.25) is 9.69 Å². The summed E-state index contributed by atoms with van der Waals surface area (Å²) in [6.45, 7) is 17.3. The molecule has 1 aromatic heterocycles. The first kappa shape index (κ1) is 31.1. The predicted molar refractivity (Wildman–Crippen MR) is 165 cm³/mol. The van der Waals surface area contributed by atoms with Gasteiger partial charge in [-0.1, -0.05) is 39.8 Å². The molecule has 0 aliphatic carbocycles. The third-order valence-electron chi connectivity index (χ3n) is 7.07. The molecule has 0 bridgehead atoms. The van der Waals surface area contributed by atoms with Crippen molar-refractivity contribution in [1.82, 2.24) is 19.6 Å². The second kappa shape index (κ2) is 15.4. The second-order valence-electron chi connectivity index (χ2n) is 9.43.